The Kier molecular flexibility index (Phi) is 1.17. The van der Waals surface area contributed by atoms with Crippen LogP contribution in [0, 0.1) is 17.8 Å². The fourth-order valence-corrected chi connectivity index (χ4v) is 4.36. The minimum atomic E-state index is 0.335. The van der Waals surface area contributed by atoms with Crippen LogP contribution in [-0.2, 0) is 4.79 Å². The van der Waals surface area contributed by atoms with E-state index in [2.05, 4.69) is 27.9 Å². The quantitative estimate of drug-likeness (QED) is 0.511. The molecule has 0 aromatic carbocycles. The Morgan fingerprint density at radius 3 is 2.91 bits per heavy atom. The molecule has 1 aliphatic heterocycles. The Hall–Kier alpha value is 0.200. The second-order valence-corrected chi connectivity index (χ2v) is 5.42. The summed E-state index contributed by atoms with van der Waals surface area (Å²) in [7, 11) is 0. The van der Waals surface area contributed by atoms with Crippen LogP contribution in [0.4, 0.5) is 0 Å². The lowest BCUT2D eigenvalue weighted by atomic mass is 9.90. The smallest absolute Gasteiger partial charge is 0.223 e. The first-order chi connectivity index (χ1) is 5.27. The van der Waals surface area contributed by atoms with E-state index in [0.717, 1.165) is 9.84 Å². The third-order valence-corrected chi connectivity index (χ3v) is 5.34. The Morgan fingerprint density at radius 1 is 1.45 bits per heavy atom. The Labute approximate surface area is 79.2 Å². The summed E-state index contributed by atoms with van der Waals surface area (Å²) in [5.74, 6) is 2.28. The van der Waals surface area contributed by atoms with E-state index in [1.165, 1.54) is 12.8 Å². The van der Waals surface area contributed by atoms with Crippen LogP contribution in [0.5, 0.6) is 0 Å². The van der Waals surface area contributed by atoms with Crippen molar-refractivity contribution in [2.24, 2.45) is 17.8 Å². The molecule has 0 aromatic rings. The highest BCUT2D eigenvalue weighted by Gasteiger charge is 2.58. The summed E-state index contributed by atoms with van der Waals surface area (Å²) < 4.78 is 0.722. The molecule has 3 fully saturated rings. The summed E-state index contributed by atoms with van der Waals surface area (Å²) in [6, 6.07) is 0.534. The normalized spacial score (nSPS) is 58.6. The number of amides is 1. The van der Waals surface area contributed by atoms with Crippen LogP contribution in [0.1, 0.15) is 12.8 Å². The van der Waals surface area contributed by atoms with Gasteiger partial charge in [-0.05, 0) is 24.7 Å². The Bertz CT molecular complexity index is 230. The van der Waals surface area contributed by atoms with Gasteiger partial charge in [0.15, 0.2) is 0 Å². The standard InChI is InChI=1S/C8H10INO/c9-6-3-1-4-5(2-3)8(11)10-7(4)6/h3-7H,1-2H2,(H,10,11). The number of hydrogen-bond acceptors (Lipinski definition) is 1. The molecule has 0 spiro atoms. The molecule has 5 unspecified atom stereocenters. The first-order valence-electron chi connectivity index (χ1n) is 4.22. The molecule has 60 valence electrons. The van der Waals surface area contributed by atoms with Crippen molar-refractivity contribution >= 4 is 28.5 Å². The van der Waals surface area contributed by atoms with Crippen molar-refractivity contribution in [2.45, 2.75) is 22.8 Å². The minimum absolute atomic E-state index is 0.335. The summed E-state index contributed by atoms with van der Waals surface area (Å²) in [6.45, 7) is 0. The molecule has 3 aliphatic rings. The number of carbonyl (C=O) groups is 1. The van der Waals surface area contributed by atoms with Crippen molar-refractivity contribution in [1.29, 1.82) is 0 Å². The van der Waals surface area contributed by atoms with E-state index in [-0.39, 0.29) is 0 Å². The third kappa shape index (κ3) is 0.661. The Morgan fingerprint density at radius 2 is 2.27 bits per heavy atom. The number of hydrogen-bond donors (Lipinski definition) is 1. The predicted molar refractivity (Wildman–Crippen MR) is 49.4 cm³/mol. The molecule has 2 saturated carbocycles. The molecule has 3 heteroatoms. The lowest BCUT2D eigenvalue weighted by molar-refractivity contribution is -0.122. The van der Waals surface area contributed by atoms with Gasteiger partial charge >= 0.3 is 0 Å². The molecule has 1 amide bonds. The van der Waals surface area contributed by atoms with Crippen LogP contribution in [0.3, 0.4) is 0 Å². The molecule has 2 bridgehead atoms. The second kappa shape index (κ2) is 1.92. The molecule has 1 heterocycles. The van der Waals surface area contributed by atoms with Gasteiger partial charge in [-0.15, -0.1) is 0 Å². The highest BCUT2D eigenvalue weighted by molar-refractivity contribution is 14.1. The van der Waals surface area contributed by atoms with Crippen LogP contribution < -0.4 is 5.32 Å². The van der Waals surface area contributed by atoms with Gasteiger partial charge < -0.3 is 5.32 Å². The number of carbonyl (C=O) groups excluding carboxylic acids is 1. The molecule has 1 N–H and O–H groups in total. The second-order valence-electron chi connectivity index (χ2n) is 3.98. The molecule has 2 aliphatic carbocycles. The van der Waals surface area contributed by atoms with Crippen molar-refractivity contribution in [1.82, 2.24) is 5.32 Å². The van der Waals surface area contributed by atoms with Gasteiger partial charge in [0.25, 0.3) is 0 Å². The van der Waals surface area contributed by atoms with Gasteiger partial charge in [0, 0.05) is 15.9 Å². The van der Waals surface area contributed by atoms with Gasteiger partial charge in [-0.3, -0.25) is 4.79 Å². The molecule has 2 nitrogen and oxygen atoms in total. The van der Waals surface area contributed by atoms with Crippen LogP contribution in [0.25, 0.3) is 0 Å². The van der Waals surface area contributed by atoms with Crippen LogP contribution in [0.15, 0.2) is 0 Å². The van der Waals surface area contributed by atoms with E-state index in [1.807, 2.05) is 0 Å². The molecule has 0 radical (unpaired) electrons. The summed E-state index contributed by atoms with van der Waals surface area (Å²) in [5.41, 5.74) is 0. The van der Waals surface area contributed by atoms with Gasteiger partial charge in [-0.1, -0.05) is 22.6 Å². The minimum Gasteiger partial charge on any atom is -0.352 e. The van der Waals surface area contributed by atoms with Crippen molar-refractivity contribution in [3.8, 4) is 0 Å². The zero-order chi connectivity index (χ0) is 7.59. The maximum atomic E-state index is 11.3. The zero-order valence-corrected chi connectivity index (χ0v) is 8.24. The fourth-order valence-electron chi connectivity index (χ4n) is 3.06. The molecule has 1 saturated heterocycles. The summed E-state index contributed by atoms with van der Waals surface area (Å²) in [5, 5.41) is 3.11. The van der Waals surface area contributed by atoms with Gasteiger partial charge in [0.1, 0.15) is 0 Å². The van der Waals surface area contributed by atoms with Crippen molar-refractivity contribution in [2.75, 3.05) is 0 Å². The van der Waals surface area contributed by atoms with E-state index >= 15 is 0 Å². The van der Waals surface area contributed by atoms with E-state index in [9.17, 15) is 4.79 Å². The van der Waals surface area contributed by atoms with Gasteiger partial charge in [-0.2, -0.15) is 0 Å². The Balaban J connectivity index is 2.04. The summed E-state index contributed by atoms with van der Waals surface area (Å²) in [6.07, 6.45) is 2.47. The highest BCUT2D eigenvalue weighted by Crippen LogP contribution is 2.54. The van der Waals surface area contributed by atoms with Crippen LogP contribution in [-0.4, -0.2) is 15.9 Å². The first-order valence-corrected chi connectivity index (χ1v) is 5.46. The predicted octanol–water partition coefficient (Wildman–Crippen LogP) is 0.944. The van der Waals surface area contributed by atoms with E-state index in [4.69, 9.17) is 0 Å². The average Bonchev–Trinajstić information content (AvgIpc) is 2.53. The van der Waals surface area contributed by atoms with Gasteiger partial charge in [0.2, 0.25) is 5.91 Å². The van der Waals surface area contributed by atoms with Gasteiger partial charge in [0.05, 0.1) is 0 Å². The fraction of sp³-hybridized carbons (Fsp3) is 0.875. The number of fused-ring (bicyclic) bond motifs is 1. The molecule has 3 rings (SSSR count). The lowest BCUT2D eigenvalue weighted by Crippen LogP contribution is -2.34. The number of alkyl halides is 1. The molecular weight excluding hydrogens is 253 g/mol. The molecule has 5 atom stereocenters. The number of rotatable bonds is 0. The van der Waals surface area contributed by atoms with E-state index in [1.54, 1.807) is 0 Å². The van der Waals surface area contributed by atoms with Crippen LogP contribution >= 0.6 is 22.6 Å². The van der Waals surface area contributed by atoms with Crippen molar-refractivity contribution in [3.05, 3.63) is 0 Å². The zero-order valence-electron chi connectivity index (χ0n) is 6.09. The summed E-state index contributed by atoms with van der Waals surface area (Å²) in [4.78, 5) is 11.3. The van der Waals surface area contributed by atoms with Crippen LogP contribution in [0.2, 0.25) is 0 Å². The largest absolute Gasteiger partial charge is 0.352 e. The van der Waals surface area contributed by atoms with Crippen molar-refractivity contribution < 1.29 is 4.79 Å². The maximum Gasteiger partial charge on any atom is 0.223 e. The maximum absolute atomic E-state index is 11.3. The topological polar surface area (TPSA) is 29.1 Å². The van der Waals surface area contributed by atoms with E-state index < -0.39 is 0 Å². The number of halogens is 1. The van der Waals surface area contributed by atoms with Gasteiger partial charge in [-0.25, -0.2) is 0 Å². The molecule has 0 aromatic heterocycles. The molecular formula is C8H10INO. The number of nitrogens with one attached hydrogen (secondary N) is 1. The first kappa shape index (κ1) is 6.69. The third-order valence-electron chi connectivity index (χ3n) is 3.55. The summed E-state index contributed by atoms with van der Waals surface area (Å²) >= 11 is 2.51. The SMILES string of the molecule is O=C1NC2C(I)C3CC1C2C3. The lowest BCUT2D eigenvalue weighted by Gasteiger charge is -2.20. The average molecular weight is 263 g/mol. The monoisotopic (exact) mass is 263 g/mol. The molecule has 11 heavy (non-hydrogen) atoms. The van der Waals surface area contributed by atoms with Crippen molar-refractivity contribution in [3.63, 3.8) is 0 Å². The highest BCUT2D eigenvalue weighted by atomic mass is 127. The van der Waals surface area contributed by atoms with E-state index in [0.29, 0.717) is 23.8 Å².